The molecule has 0 aromatic heterocycles. The number of aliphatic hydroxyl groups is 2. The van der Waals surface area contributed by atoms with Crippen LogP contribution in [0, 0.1) is 11.8 Å². The quantitative estimate of drug-likeness (QED) is 0.453. The SMILES string of the molecule is CC/C=C\C/C=C\C/C=C\C[C@@H]1C(=O)C[C@@H](O)[C@H]1/C=C/[C@@H](O)CCC(=O)O. The highest BCUT2D eigenvalue weighted by molar-refractivity contribution is 5.84. The van der Waals surface area contributed by atoms with Gasteiger partial charge in [-0.1, -0.05) is 55.5 Å². The molecule has 1 aliphatic carbocycles. The van der Waals surface area contributed by atoms with Crippen LogP contribution in [0.2, 0.25) is 0 Å². The second-order valence-corrected chi connectivity index (χ2v) is 6.84. The van der Waals surface area contributed by atoms with Gasteiger partial charge in [0.1, 0.15) is 5.78 Å². The van der Waals surface area contributed by atoms with Gasteiger partial charge in [0.2, 0.25) is 0 Å². The number of allylic oxidation sites excluding steroid dienone is 6. The van der Waals surface area contributed by atoms with E-state index in [0.717, 1.165) is 19.3 Å². The van der Waals surface area contributed by atoms with E-state index in [0.29, 0.717) is 6.42 Å². The Labute approximate surface area is 161 Å². The first-order valence-corrected chi connectivity index (χ1v) is 9.69. The lowest BCUT2D eigenvalue weighted by atomic mass is 9.90. The maximum Gasteiger partial charge on any atom is 0.303 e. The smallest absolute Gasteiger partial charge is 0.303 e. The highest BCUT2D eigenvalue weighted by atomic mass is 16.4. The molecule has 0 amide bonds. The fourth-order valence-electron chi connectivity index (χ4n) is 3.10. The van der Waals surface area contributed by atoms with Crippen molar-refractivity contribution in [2.45, 2.75) is 64.1 Å². The molecule has 1 rings (SSSR count). The third kappa shape index (κ3) is 9.50. The lowest BCUT2D eigenvalue weighted by molar-refractivity contribution is -0.137. The van der Waals surface area contributed by atoms with Gasteiger partial charge in [-0.25, -0.2) is 0 Å². The third-order valence-corrected chi connectivity index (χ3v) is 4.61. The minimum absolute atomic E-state index is 0.0297. The average molecular weight is 376 g/mol. The summed E-state index contributed by atoms with van der Waals surface area (Å²) in [4.78, 5) is 22.7. The summed E-state index contributed by atoms with van der Waals surface area (Å²) < 4.78 is 0. The zero-order valence-electron chi connectivity index (χ0n) is 16.0. The Kier molecular flexibility index (Phi) is 11.3. The second-order valence-electron chi connectivity index (χ2n) is 6.84. The Balaban J connectivity index is 2.48. The molecule has 0 saturated heterocycles. The highest BCUT2D eigenvalue weighted by Gasteiger charge is 2.39. The third-order valence-electron chi connectivity index (χ3n) is 4.61. The number of Topliss-reactive ketones (excluding diaryl/α,β-unsaturated/α-hetero) is 1. The van der Waals surface area contributed by atoms with Crippen molar-refractivity contribution >= 4 is 11.8 Å². The molecule has 3 N–H and O–H groups in total. The molecule has 0 radical (unpaired) electrons. The van der Waals surface area contributed by atoms with Crippen molar-refractivity contribution in [2.75, 3.05) is 0 Å². The molecule has 0 spiro atoms. The lowest BCUT2D eigenvalue weighted by Crippen LogP contribution is -2.19. The molecule has 0 heterocycles. The van der Waals surface area contributed by atoms with Crippen molar-refractivity contribution in [3.05, 3.63) is 48.6 Å². The van der Waals surface area contributed by atoms with Crippen LogP contribution in [0.5, 0.6) is 0 Å². The maximum absolute atomic E-state index is 12.1. The van der Waals surface area contributed by atoms with Crippen LogP contribution in [0.3, 0.4) is 0 Å². The van der Waals surface area contributed by atoms with Gasteiger partial charge in [0.05, 0.1) is 12.2 Å². The molecular formula is C22H32O5. The minimum atomic E-state index is -0.961. The molecule has 27 heavy (non-hydrogen) atoms. The normalized spacial score (nSPS) is 24.9. The van der Waals surface area contributed by atoms with Gasteiger partial charge in [-0.2, -0.15) is 0 Å². The maximum atomic E-state index is 12.1. The molecule has 0 bridgehead atoms. The van der Waals surface area contributed by atoms with Gasteiger partial charge in [0.25, 0.3) is 0 Å². The zero-order valence-corrected chi connectivity index (χ0v) is 16.0. The molecule has 5 heteroatoms. The predicted octanol–water partition coefficient (Wildman–Crippen LogP) is 3.58. The number of hydrogen-bond acceptors (Lipinski definition) is 4. The van der Waals surface area contributed by atoms with Crippen LogP contribution in [0.25, 0.3) is 0 Å². The molecule has 0 unspecified atom stereocenters. The Morgan fingerprint density at radius 2 is 1.78 bits per heavy atom. The number of ketones is 1. The number of rotatable bonds is 12. The average Bonchev–Trinajstić information content (AvgIpc) is 2.89. The molecule has 150 valence electrons. The van der Waals surface area contributed by atoms with E-state index >= 15 is 0 Å². The number of carboxylic acid groups (broad SMARTS) is 1. The van der Waals surface area contributed by atoms with E-state index in [1.54, 1.807) is 6.08 Å². The molecule has 0 aromatic carbocycles. The van der Waals surface area contributed by atoms with Crippen molar-refractivity contribution in [3.63, 3.8) is 0 Å². The van der Waals surface area contributed by atoms with Gasteiger partial charge in [-0.3, -0.25) is 9.59 Å². The standard InChI is InChI=1S/C22H32O5/c1-2-3-4-5-6-7-8-9-10-11-18-19(21(25)16-20(18)24)14-12-17(23)13-15-22(26)27/h3-4,6-7,9-10,12,14,17-19,21,23,25H,2,5,8,11,13,15-16H2,1H3,(H,26,27)/b4-3-,7-6-,10-9-,14-12+/t17-,18+,19+,21-/m1/s1. The first-order chi connectivity index (χ1) is 13.0. The predicted molar refractivity (Wildman–Crippen MR) is 106 cm³/mol. The van der Waals surface area contributed by atoms with Crippen LogP contribution in [0.4, 0.5) is 0 Å². The van der Waals surface area contributed by atoms with Crippen molar-refractivity contribution in [2.24, 2.45) is 11.8 Å². The minimum Gasteiger partial charge on any atom is -0.481 e. The number of carbonyl (C=O) groups is 2. The van der Waals surface area contributed by atoms with Crippen molar-refractivity contribution in [1.29, 1.82) is 0 Å². The van der Waals surface area contributed by atoms with Crippen LogP contribution >= 0.6 is 0 Å². The van der Waals surface area contributed by atoms with Crippen molar-refractivity contribution in [3.8, 4) is 0 Å². The Morgan fingerprint density at radius 3 is 2.41 bits per heavy atom. The van der Waals surface area contributed by atoms with Crippen LogP contribution in [0.15, 0.2) is 48.6 Å². The van der Waals surface area contributed by atoms with Crippen molar-refractivity contribution < 1.29 is 24.9 Å². The van der Waals surface area contributed by atoms with E-state index in [4.69, 9.17) is 5.11 Å². The number of carbonyl (C=O) groups excluding carboxylic acids is 1. The topological polar surface area (TPSA) is 94.8 Å². The fourth-order valence-corrected chi connectivity index (χ4v) is 3.10. The van der Waals surface area contributed by atoms with Crippen LogP contribution in [0.1, 0.15) is 51.9 Å². The molecular weight excluding hydrogens is 344 g/mol. The van der Waals surface area contributed by atoms with Gasteiger partial charge >= 0.3 is 5.97 Å². The summed E-state index contributed by atoms with van der Waals surface area (Å²) in [5.41, 5.74) is 0. The summed E-state index contributed by atoms with van der Waals surface area (Å²) in [5, 5.41) is 28.6. The van der Waals surface area contributed by atoms with Crippen molar-refractivity contribution in [1.82, 2.24) is 0 Å². The van der Waals surface area contributed by atoms with Gasteiger partial charge in [0, 0.05) is 24.7 Å². The Morgan fingerprint density at radius 1 is 1.15 bits per heavy atom. The summed E-state index contributed by atoms with van der Waals surface area (Å²) in [6.45, 7) is 2.10. The van der Waals surface area contributed by atoms with E-state index in [1.807, 2.05) is 12.2 Å². The summed E-state index contributed by atoms with van der Waals surface area (Å²) in [6.07, 6.45) is 17.4. The zero-order chi connectivity index (χ0) is 20.1. The molecule has 0 aliphatic heterocycles. The Bertz CT molecular complexity index is 573. The van der Waals surface area contributed by atoms with E-state index < -0.39 is 18.2 Å². The second kappa shape index (κ2) is 13.2. The summed E-state index contributed by atoms with van der Waals surface area (Å²) in [5.74, 6) is -1.56. The largest absolute Gasteiger partial charge is 0.481 e. The molecule has 0 aromatic rings. The van der Waals surface area contributed by atoms with E-state index in [1.165, 1.54) is 6.08 Å². The van der Waals surface area contributed by atoms with E-state index in [9.17, 15) is 19.8 Å². The van der Waals surface area contributed by atoms with Gasteiger partial charge in [-0.15, -0.1) is 0 Å². The lowest BCUT2D eigenvalue weighted by Gasteiger charge is -2.16. The summed E-state index contributed by atoms with van der Waals surface area (Å²) >= 11 is 0. The highest BCUT2D eigenvalue weighted by Crippen LogP contribution is 2.33. The molecule has 1 saturated carbocycles. The monoisotopic (exact) mass is 376 g/mol. The van der Waals surface area contributed by atoms with Crippen LogP contribution in [-0.4, -0.2) is 39.3 Å². The Hall–Kier alpha value is -1.98. The molecule has 5 nitrogen and oxygen atoms in total. The number of carboxylic acids is 1. The van der Waals surface area contributed by atoms with E-state index in [2.05, 4.69) is 31.2 Å². The van der Waals surface area contributed by atoms with Crippen LogP contribution < -0.4 is 0 Å². The number of aliphatic hydroxyl groups excluding tert-OH is 2. The molecule has 4 atom stereocenters. The number of hydrogen-bond donors (Lipinski definition) is 3. The van der Waals surface area contributed by atoms with Gasteiger partial charge in [-0.05, 0) is 32.1 Å². The summed E-state index contributed by atoms with van der Waals surface area (Å²) in [7, 11) is 0. The molecule has 1 fully saturated rings. The fraction of sp³-hybridized carbons (Fsp3) is 0.545. The first-order valence-electron chi connectivity index (χ1n) is 9.69. The summed E-state index contributed by atoms with van der Waals surface area (Å²) in [6, 6.07) is 0. The molecule has 1 aliphatic rings. The number of aliphatic carboxylic acids is 1. The van der Waals surface area contributed by atoms with E-state index in [-0.39, 0.29) is 36.9 Å². The first kappa shape index (κ1) is 23.1. The van der Waals surface area contributed by atoms with Crippen LogP contribution in [-0.2, 0) is 9.59 Å². The van der Waals surface area contributed by atoms with Gasteiger partial charge in [0.15, 0.2) is 0 Å². The van der Waals surface area contributed by atoms with Gasteiger partial charge < -0.3 is 15.3 Å².